The van der Waals surface area contributed by atoms with Gasteiger partial charge < -0.3 is 9.47 Å². The minimum atomic E-state index is 0.0395. The number of aryl methyl sites for hydroxylation is 2. The van der Waals surface area contributed by atoms with Crippen LogP contribution in [0, 0.1) is 13.8 Å². The predicted octanol–water partition coefficient (Wildman–Crippen LogP) is 4.05. The predicted molar refractivity (Wildman–Crippen MR) is 125 cm³/mol. The van der Waals surface area contributed by atoms with Crippen molar-refractivity contribution in [2.24, 2.45) is 0 Å². The smallest absolute Gasteiger partial charge is 0.232 e. The van der Waals surface area contributed by atoms with Gasteiger partial charge in [0, 0.05) is 26.2 Å². The van der Waals surface area contributed by atoms with Crippen LogP contribution in [0.15, 0.2) is 42.5 Å². The number of hydrogen-bond acceptors (Lipinski definition) is 6. The Labute approximate surface area is 187 Å². The summed E-state index contributed by atoms with van der Waals surface area (Å²) in [5.41, 5.74) is 3.35. The van der Waals surface area contributed by atoms with Gasteiger partial charge in [0.05, 0.1) is 36.5 Å². The van der Waals surface area contributed by atoms with Crippen LogP contribution in [0.4, 0.5) is 5.13 Å². The summed E-state index contributed by atoms with van der Waals surface area (Å²) in [6.45, 7) is 9.24. The first-order valence-corrected chi connectivity index (χ1v) is 11.6. The number of fused-ring (bicyclic) bond motifs is 1. The summed E-state index contributed by atoms with van der Waals surface area (Å²) in [5, 5.41) is 0.765. The van der Waals surface area contributed by atoms with Crippen molar-refractivity contribution < 1.29 is 14.3 Å². The van der Waals surface area contributed by atoms with Crippen LogP contribution in [-0.4, -0.2) is 61.8 Å². The summed E-state index contributed by atoms with van der Waals surface area (Å²) >= 11 is 1.60. The topological polar surface area (TPSA) is 54.9 Å². The molecule has 1 fully saturated rings. The standard InChI is InChI=1S/C24H29N3O3S/c1-18-16-19(2)23-21(17-18)25-24(31-23)27(10-9-26-11-14-29-15-12-26)22(28)8-13-30-20-6-4-3-5-7-20/h3-7,16-17H,8-15H2,1-2H3. The summed E-state index contributed by atoms with van der Waals surface area (Å²) in [5.74, 6) is 0.818. The monoisotopic (exact) mass is 439 g/mol. The van der Waals surface area contributed by atoms with E-state index in [0.717, 1.165) is 53.9 Å². The minimum Gasteiger partial charge on any atom is -0.493 e. The first-order chi connectivity index (χ1) is 15.1. The zero-order valence-corrected chi connectivity index (χ0v) is 19.0. The summed E-state index contributed by atoms with van der Waals surface area (Å²) in [7, 11) is 0. The third-order valence-corrected chi connectivity index (χ3v) is 6.64. The van der Waals surface area contributed by atoms with Gasteiger partial charge >= 0.3 is 0 Å². The van der Waals surface area contributed by atoms with E-state index in [-0.39, 0.29) is 5.91 Å². The third-order valence-electron chi connectivity index (χ3n) is 5.41. The van der Waals surface area contributed by atoms with Crippen LogP contribution in [0.25, 0.3) is 10.2 Å². The second-order valence-corrected chi connectivity index (χ2v) is 8.81. The van der Waals surface area contributed by atoms with Gasteiger partial charge in [-0.1, -0.05) is 35.6 Å². The quantitative estimate of drug-likeness (QED) is 0.530. The number of hydrogen-bond donors (Lipinski definition) is 0. The van der Waals surface area contributed by atoms with Crippen LogP contribution in [-0.2, 0) is 9.53 Å². The molecule has 0 spiro atoms. The maximum absolute atomic E-state index is 13.2. The number of rotatable bonds is 8. The van der Waals surface area contributed by atoms with Crippen molar-refractivity contribution in [2.75, 3.05) is 50.9 Å². The van der Waals surface area contributed by atoms with E-state index in [1.165, 1.54) is 11.1 Å². The van der Waals surface area contributed by atoms with Crippen molar-refractivity contribution in [3.05, 3.63) is 53.6 Å². The number of carbonyl (C=O) groups excluding carboxylic acids is 1. The summed E-state index contributed by atoms with van der Waals surface area (Å²) < 4.78 is 12.4. The minimum absolute atomic E-state index is 0.0395. The Hall–Kier alpha value is -2.48. The normalized spacial score (nSPS) is 14.6. The highest BCUT2D eigenvalue weighted by molar-refractivity contribution is 7.22. The molecular weight excluding hydrogens is 410 g/mol. The van der Waals surface area contributed by atoms with Crippen molar-refractivity contribution in [1.29, 1.82) is 0 Å². The van der Waals surface area contributed by atoms with Crippen LogP contribution in [0.2, 0.25) is 0 Å². The fourth-order valence-corrected chi connectivity index (χ4v) is 4.84. The van der Waals surface area contributed by atoms with Crippen molar-refractivity contribution in [2.45, 2.75) is 20.3 Å². The lowest BCUT2D eigenvalue weighted by molar-refractivity contribution is -0.119. The van der Waals surface area contributed by atoms with Gasteiger partial charge in [0.15, 0.2) is 5.13 Å². The van der Waals surface area contributed by atoms with Crippen molar-refractivity contribution in [1.82, 2.24) is 9.88 Å². The highest BCUT2D eigenvalue weighted by Crippen LogP contribution is 2.32. The van der Waals surface area contributed by atoms with Gasteiger partial charge in [-0.25, -0.2) is 4.98 Å². The first kappa shape index (κ1) is 21.7. The number of aromatic nitrogens is 1. The Kier molecular flexibility index (Phi) is 7.17. The van der Waals surface area contributed by atoms with E-state index in [0.29, 0.717) is 19.6 Å². The fourth-order valence-electron chi connectivity index (χ4n) is 3.78. The summed E-state index contributed by atoms with van der Waals surface area (Å²) in [6, 6.07) is 13.9. The molecule has 7 heteroatoms. The number of amides is 1. The van der Waals surface area contributed by atoms with Gasteiger partial charge in [0.2, 0.25) is 5.91 Å². The molecular formula is C24H29N3O3S. The molecule has 4 rings (SSSR count). The molecule has 0 aliphatic carbocycles. The Morgan fingerprint density at radius 3 is 2.74 bits per heavy atom. The lowest BCUT2D eigenvalue weighted by Crippen LogP contribution is -2.43. The summed E-state index contributed by atoms with van der Waals surface area (Å²) in [6.07, 6.45) is 0.311. The summed E-state index contributed by atoms with van der Waals surface area (Å²) in [4.78, 5) is 22.2. The Balaban J connectivity index is 1.49. The molecule has 1 aliphatic heterocycles. The van der Waals surface area contributed by atoms with Crippen LogP contribution < -0.4 is 9.64 Å². The zero-order chi connectivity index (χ0) is 21.6. The van der Waals surface area contributed by atoms with Crippen LogP contribution >= 0.6 is 11.3 Å². The third kappa shape index (κ3) is 5.61. The lowest BCUT2D eigenvalue weighted by Gasteiger charge is -2.29. The van der Waals surface area contributed by atoms with Gasteiger partial charge in [-0.2, -0.15) is 0 Å². The molecule has 0 N–H and O–H groups in total. The van der Waals surface area contributed by atoms with Crippen molar-refractivity contribution >= 4 is 32.6 Å². The number of ether oxygens (including phenoxy) is 2. The van der Waals surface area contributed by atoms with Crippen LogP contribution in [0.1, 0.15) is 17.5 Å². The SMILES string of the molecule is Cc1cc(C)c2sc(N(CCN3CCOCC3)C(=O)CCOc3ccccc3)nc2c1. The molecule has 1 amide bonds. The van der Waals surface area contributed by atoms with Gasteiger partial charge in [-0.3, -0.25) is 14.6 Å². The molecule has 0 atom stereocenters. The maximum Gasteiger partial charge on any atom is 0.232 e. The number of nitrogens with zero attached hydrogens (tertiary/aromatic N) is 3. The molecule has 0 unspecified atom stereocenters. The molecule has 164 valence electrons. The number of morpholine rings is 1. The highest BCUT2D eigenvalue weighted by Gasteiger charge is 2.22. The highest BCUT2D eigenvalue weighted by atomic mass is 32.1. The first-order valence-electron chi connectivity index (χ1n) is 10.8. The Morgan fingerprint density at radius 1 is 1.19 bits per heavy atom. The maximum atomic E-state index is 13.2. The van der Waals surface area contributed by atoms with Crippen LogP contribution in [0.3, 0.4) is 0 Å². The molecule has 2 heterocycles. The van der Waals surface area contributed by atoms with Crippen molar-refractivity contribution in [3.63, 3.8) is 0 Å². The van der Waals surface area contributed by atoms with Gasteiger partial charge in [-0.05, 0) is 43.2 Å². The second kappa shape index (κ2) is 10.2. The molecule has 6 nitrogen and oxygen atoms in total. The number of benzene rings is 2. The zero-order valence-electron chi connectivity index (χ0n) is 18.2. The fraction of sp³-hybridized carbons (Fsp3) is 0.417. The molecule has 2 aromatic carbocycles. The van der Waals surface area contributed by atoms with E-state index < -0.39 is 0 Å². The van der Waals surface area contributed by atoms with E-state index in [2.05, 4.69) is 30.9 Å². The Morgan fingerprint density at radius 2 is 1.97 bits per heavy atom. The number of para-hydroxylation sites is 1. The molecule has 1 aromatic heterocycles. The largest absolute Gasteiger partial charge is 0.493 e. The molecule has 1 aliphatic rings. The average Bonchev–Trinajstić information content (AvgIpc) is 3.19. The number of thiazole rings is 1. The van der Waals surface area contributed by atoms with E-state index in [4.69, 9.17) is 14.5 Å². The average molecular weight is 440 g/mol. The van der Waals surface area contributed by atoms with E-state index in [1.807, 2.05) is 35.2 Å². The van der Waals surface area contributed by atoms with E-state index in [1.54, 1.807) is 11.3 Å². The number of carbonyl (C=O) groups is 1. The molecule has 3 aromatic rings. The van der Waals surface area contributed by atoms with E-state index in [9.17, 15) is 4.79 Å². The lowest BCUT2D eigenvalue weighted by atomic mass is 10.1. The molecule has 0 saturated carbocycles. The molecule has 31 heavy (non-hydrogen) atoms. The molecule has 1 saturated heterocycles. The molecule has 0 radical (unpaired) electrons. The van der Waals surface area contributed by atoms with Gasteiger partial charge in [0.25, 0.3) is 0 Å². The van der Waals surface area contributed by atoms with Gasteiger partial charge in [0.1, 0.15) is 5.75 Å². The van der Waals surface area contributed by atoms with Gasteiger partial charge in [-0.15, -0.1) is 0 Å². The van der Waals surface area contributed by atoms with Crippen LogP contribution in [0.5, 0.6) is 5.75 Å². The number of anilines is 1. The van der Waals surface area contributed by atoms with E-state index >= 15 is 0 Å². The van der Waals surface area contributed by atoms with Crippen molar-refractivity contribution in [3.8, 4) is 5.75 Å². The Bertz CT molecular complexity index is 1020. The second-order valence-electron chi connectivity index (χ2n) is 7.84. The molecule has 0 bridgehead atoms.